The van der Waals surface area contributed by atoms with E-state index in [2.05, 4.69) is 58.2 Å². The molecule has 4 heteroatoms. The van der Waals surface area contributed by atoms with Crippen LogP contribution in [0.25, 0.3) is 0 Å². The summed E-state index contributed by atoms with van der Waals surface area (Å²) in [5.41, 5.74) is 2.45. The molecule has 0 saturated carbocycles. The SMILES string of the molecule is COc1cccc(CN2CC(N(C)Cc3ccccc3)C2)n1. The Bertz CT molecular complexity index is 596. The zero-order chi connectivity index (χ0) is 15.4. The number of hydrogen-bond donors (Lipinski definition) is 0. The molecular formula is C18H23N3O. The summed E-state index contributed by atoms with van der Waals surface area (Å²) in [4.78, 5) is 9.33. The first kappa shape index (κ1) is 15.0. The van der Waals surface area contributed by atoms with Crippen molar-refractivity contribution in [2.75, 3.05) is 27.2 Å². The van der Waals surface area contributed by atoms with Crippen molar-refractivity contribution in [1.82, 2.24) is 14.8 Å². The molecule has 0 aliphatic carbocycles. The fourth-order valence-corrected chi connectivity index (χ4v) is 2.84. The molecule has 0 spiro atoms. The Morgan fingerprint density at radius 2 is 1.91 bits per heavy atom. The fraction of sp³-hybridized carbons (Fsp3) is 0.389. The summed E-state index contributed by atoms with van der Waals surface area (Å²) in [5.74, 6) is 0.691. The van der Waals surface area contributed by atoms with Crippen molar-refractivity contribution >= 4 is 0 Å². The molecule has 0 unspecified atom stereocenters. The van der Waals surface area contributed by atoms with Gasteiger partial charge in [-0.05, 0) is 18.7 Å². The third-order valence-corrected chi connectivity index (χ3v) is 4.21. The van der Waals surface area contributed by atoms with Crippen molar-refractivity contribution in [2.24, 2.45) is 0 Å². The van der Waals surface area contributed by atoms with Crippen molar-refractivity contribution < 1.29 is 4.74 Å². The van der Waals surface area contributed by atoms with Gasteiger partial charge in [-0.25, -0.2) is 4.98 Å². The van der Waals surface area contributed by atoms with Gasteiger partial charge in [-0.15, -0.1) is 0 Å². The van der Waals surface area contributed by atoms with Crippen molar-refractivity contribution in [1.29, 1.82) is 0 Å². The van der Waals surface area contributed by atoms with Crippen molar-refractivity contribution in [3.8, 4) is 5.88 Å². The molecule has 116 valence electrons. The van der Waals surface area contributed by atoms with E-state index >= 15 is 0 Å². The van der Waals surface area contributed by atoms with Crippen LogP contribution >= 0.6 is 0 Å². The Labute approximate surface area is 132 Å². The van der Waals surface area contributed by atoms with Gasteiger partial charge in [-0.3, -0.25) is 9.80 Å². The number of nitrogens with zero attached hydrogens (tertiary/aromatic N) is 3. The minimum atomic E-state index is 0.630. The molecule has 1 aromatic heterocycles. The molecule has 1 aromatic carbocycles. The minimum Gasteiger partial charge on any atom is -0.481 e. The van der Waals surface area contributed by atoms with Crippen molar-refractivity contribution in [3.63, 3.8) is 0 Å². The van der Waals surface area contributed by atoms with Crippen LogP contribution < -0.4 is 4.74 Å². The molecule has 1 saturated heterocycles. The molecule has 3 rings (SSSR count). The number of rotatable bonds is 6. The smallest absolute Gasteiger partial charge is 0.213 e. The normalized spacial score (nSPS) is 15.8. The van der Waals surface area contributed by atoms with Crippen LogP contribution in [0.5, 0.6) is 5.88 Å². The number of likely N-dealkylation sites (tertiary alicyclic amines) is 1. The van der Waals surface area contributed by atoms with E-state index in [1.54, 1.807) is 7.11 Å². The lowest BCUT2D eigenvalue weighted by atomic mass is 10.1. The topological polar surface area (TPSA) is 28.6 Å². The van der Waals surface area contributed by atoms with Gasteiger partial charge in [0.05, 0.1) is 12.8 Å². The molecule has 1 aliphatic rings. The molecule has 1 fully saturated rings. The molecule has 0 atom stereocenters. The summed E-state index contributed by atoms with van der Waals surface area (Å²) >= 11 is 0. The number of hydrogen-bond acceptors (Lipinski definition) is 4. The second-order valence-corrected chi connectivity index (χ2v) is 5.92. The maximum Gasteiger partial charge on any atom is 0.213 e. The lowest BCUT2D eigenvalue weighted by Gasteiger charge is -2.44. The van der Waals surface area contributed by atoms with Gasteiger partial charge in [0.25, 0.3) is 0 Å². The van der Waals surface area contributed by atoms with E-state index in [9.17, 15) is 0 Å². The second-order valence-electron chi connectivity index (χ2n) is 5.92. The lowest BCUT2D eigenvalue weighted by Crippen LogP contribution is -2.57. The molecule has 0 bridgehead atoms. The van der Waals surface area contributed by atoms with Gasteiger partial charge in [0.2, 0.25) is 5.88 Å². The van der Waals surface area contributed by atoms with Crippen LogP contribution in [0.15, 0.2) is 48.5 Å². The Morgan fingerprint density at radius 1 is 1.14 bits per heavy atom. The quantitative estimate of drug-likeness (QED) is 0.818. The Kier molecular flexibility index (Phi) is 4.71. The highest BCUT2D eigenvalue weighted by molar-refractivity contribution is 5.16. The van der Waals surface area contributed by atoms with Gasteiger partial charge in [0.1, 0.15) is 0 Å². The van der Waals surface area contributed by atoms with Gasteiger partial charge in [0, 0.05) is 38.3 Å². The number of ether oxygens (including phenoxy) is 1. The molecule has 4 nitrogen and oxygen atoms in total. The van der Waals surface area contributed by atoms with Gasteiger partial charge >= 0.3 is 0 Å². The van der Waals surface area contributed by atoms with E-state index in [0.29, 0.717) is 11.9 Å². The van der Waals surface area contributed by atoms with Crippen LogP contribution in [-0.4, -0.2) is 48.1 Å². The highest BCUT2D eigenvalue weighted by Crippen LogP contribution is 2.19. The summed E-state index contributed by atoms with van der Waals surface area (Å²) in [5, 5.41) is 0. The largest absolute Gasteiger partial charge is 0.481 e. The molecular weight excluding hydrogens is 274 g/mol. The zero-order valence-electron chi connectivity index (χ0n) is 13.3. The summed E-state index contributed by atoms with van der Waals surface area (Å²) in [6.45, 7) is 4.11. The molecule has 22 heavy (non-hydrogen) atoms. The van der Waals surface area contributed by atoms with Gasteiger partial charge in [-0.2, -0.15) is 0 Å². The van der Waals surface area contributed by atoms with E-state index in [4.69, 9.17) is 4.74 Å². The molecule has 2 aromatic rings. The van der Waals surface area contributed by atoms with E-state index in [1.807, 2.05) is 12.1 Å². The third kappa shape index (κ3) is 3.64. The Balaban J connectivity index is 1.47. The first-order valence-electron chi connectivity index (χ1n) is 7.71. The Morgan fingerprint density at radius 3 is 2.64 bits per heavy atom. The average Bonchev–Trinajstić information content (AvgIpc) is 2.51. The highest BCUT2D eigenvalue weighted by Gasteiger charge is 2.29. The predicted octanol–water partition coefficient (Wildman–Crippen LogP) is 2.41. The lowest BCUT2D eigenvalue weighted by molar-refractivity contribution is 0.0384. The fourth-order valence-electron chi connectivity index (χ4n) is 2.84. The van der Waals surface area contributed by atoms with Crippen LogP contribution in [0.2, 0.25) is 0 Å². The monoisotopic (exact) mass is 297 g/mol. The summed E-state index contributed by atoms with van der Waals surface area (Å²) < 4.78 is 5.18. The number of benzene rings is 1. The Hall–Kier alpha value is -1.91. The standard InChI is InChI=1S/C18H23N3O/c1-20(11-15-7-4-3-5-8-15)17-13-21(14-17)12-16-9-6-10-18(19-16)22-2/h3-10,17H,11-14H2,1-2H3. The van der Waals surface area contributed by atoms with Gasteiger partial charge in [0.15, 0.2) is 0 Å². The molecule has 1 aliphatic heterocycles. The van der Waals surface area contributed by atoms with Crippen LogP contribution in [0.3, 0.4) is 0 Å². The van der Waals surface area contributed by atoms with Crippen LogP contribution in [0.1, 0.15) is 11.3 Å². The van der Waals surface area contributed by atoms with E-state index < -0.39 is 0 Å². The number of pyridine rings is 1. The van der Waals surface area contributed by atoms with Crippen LogP contribution in [-0.2, 0) is 13.1 Å². The molecule has 0 amide bonds. The predicted molar refractivity (Wildman–Crippen MR) is 87.8 cm³/mol. The number of aromatic nitrogens is 1. The number of likely N-dealkylation sites (N-methyl/N-ethyl adjacent to an activating group) is 1. The van der Waals surface area contributed by atoms with Crippen LogP contribution in [0, 0.1) is 0 Å². The second kappa shape index (κ2) is 6.90. The summed E-state index contributed by atoms with van der Waals surface area (Å²) in [7, 11) is 3.86. The molecule has 2 heterocycles. The zero-order valence-corrected chi connectivity index (χ0v) is 13.3. The van der Waals surface area contributed by atoms with Gasteiger partial charge < -0.3 is 4.74 Å². The molecule has 0 N–H and O–H groups in total. The third-order valence-electron chi connectivity index (χ3n) is 4.21. The van der Waals surface area contributed by atoms with E-state index in [1.165, 1.54) is 5.56 Å². The summed E-state index contributed by atoms with van der Waals surface area (Å²) in [6, 6.07) is 17.2. The van der Waals surface area contributed by atoms with E-state index in [0.717, 1.165) is 31.9 Å². The van der Waals surface area contributed by atoms with Gasteiger partial charge in [-0.1, -0.05) is 36.4 Å². The first-order chi connectivity index (χ1) is 10.7. The number of methoxy groups -OCH3 is 1. The average molecular weight is 297 g/mol. The van der Waals surface area contributed by atoms with Crippen molar-refractivity contribution in [3.05, 3.63) is 59.8 Å². The maximum absolute atomic E-state index is 5.18. The van der Waals surface area contributed by atoms with Crippen molar-refractivity contribution in [2.45, 2.75) is 19.1 Å². The molecule has 0 radical (unpaired) electrons. The van der Waals surface area contributed by atoms with Crippen LogP contribution in [0.4, 0.5) is 0 Å². The summed E-state index contributed by atoms with van der Waals surface area (Å²) in [6.07, 6.45) is 0. The maximum atomic E-state index is 5.18. The van der Waals surface area contributed by atoms with E-state index in [-0.39, 0.29) is 0 Å². The first-order valence-corrected chi connectivity index (χ1v) is 7.71. The minimum absolute atomic E-state index is 0.630. The highest BCUT2D eigenvalue weighted by atomic mass is 16.5.